The van der Waals surface area contributed by atoms with Gasteiger partial charge in [-0.2, -0.15) is 0 Å². The van der Waals surface area contributed by atoms with Crippen LogP contribution in [0, 0.1) is 5.92 Å². The number of methoxy groups -OCH3 is 1. The first-order chi connectivity index (χ1) is 5.33. The first-order valence-corrected chi connectivity index (χ1v) is 3.92. The Balaban J connectivity index is 2.69. The predicted molar refractivity (Wildman–Crippen MR) is 47.2 cm³/mol. The number of hydrogen-bond donors (Lipinski definition) is 0. The van der Waals surface area contributed by atoms with Crippen molar-refractivity contribution in [2.75, 3.05) is 7.11 Å². The molecule has 0 spiro atoms. The molecule has 0 saturated heterocycles. The summed E-state index contributed by atoms with van der Waals surface area (Å²) in [4.78, 5) is 0. The van der Waals surface area contributed by atoms with Gasteiger partial charge in [0, 0.05) is 0 Å². The van der Waals surface area contributed by atoms with Crippen LogP contribution in [0.2, 0.25) is 0 Å². The predicted octanol–water partition coefficient (Wildman–Crippen LogP) is 2.67. The molecular formula is C10H14O. The molecule has 1 rings (SSSR count). The molecule has 0 aromatic rings. The van der Waals surface area contributed by atoms with Gasteiger partial charge in [-0.1, -0.05) is 25.2 Å². The van der Waals surface area contributed by atoms with Crippen LogP contribution < -0.4 is 0 Å². The topological polar surface area (TPSA) is 9.23 Å². The van der Waals surface area contributed by atoms with Crippen molar-refractivity contribution in [3.63, 3.8) is 0 Å². The van der Waals surface area contributed by atoms with Gasteiger partial charge in [-0.3, -0.25) is 0 Å². The molecule has 0 heterocycles. The van der Waals surface area contributed by atoms with E-state index in [1.807, 2.05) is 18.2 Å². The molecule has 0 amide bonds. The monoisotopic (exact) mass is 150 g/mol. The van der Waals surface area contributed by atoms with Crippen LogP contribution in [0.5, 0.6) is 0 Å². The van der Waals surface area contributed by atoms with Crippen LogP contribution in [0.3, 0.4) is 0 Å². The molecule has 0 saturated carbocycles. The van der Waals surface area contributed by atoms with E-state index in [0.29, 0.717) is 5.92 Å². The highest BCUT2D eigenvalue weighted by molar-refractivity contribution is 5.20. The lowest BCUT2D eigenvalue weighted by Gasteiger charge is -2.04. The lowest BCUT2D eigenvalue weighted by molar-refractivity contribution is 0.306. The molecule has 1 heteroatoms. The van der Waals surface area contributed by atoms with Gasteiger partial charge in [0.1, 0.15) is 5.76 Å². The van der Waals surface area contributed by atoms with Gasteiger partial charge in [-0.05, 0) is 24.5 Å². The van der Waals surface area contributed by atoms with E-state index in [9.17, 15) is 0 Å². The molecule has 0 fully saturated rings. The van der Waals surface area contributed by atoms with Crippen LogP contribution in [-0.4, -0.2) is 7.11 Å². The van der Waals surface area contributed by atoms with E-state index in [1.165, 1.54) is 0 Å². The van der Waals surface area contributed by atoms with Crippen LogP contribution in [0.15, 0.2) is 36.1 Å². The summed E-state index contributed by atoms with van der Waals surface area (Å²) < 4.78 is 5.08. The average molecular weight is 150 g/mol. The van der Waals surface area contributed by atoms with Crippen molar-refractivity contribution in [2.24, 2.45) is 5.92 Å². The number of hydrogen-bond acceptors (Lipinski definition) is 1. The summed E-state index contributed by atoms with van der Waals surface area (Å²) in [7, 11) is 1.69. The molecule has 11 heavy (non-hydrogen) atoms. The Morgan fingerprint density at radius 2 is 2.36 bits per heavy atom. The van der Waals surface area contributed by atoms with E-state index in [1.54, 1.807) is 7.11 Å². The van der Waals surface area contributed by atoms with E-state index in [0.717, 1.165) is 12.2 Å². The normalized spacial score (nSPS) is 31.5. The molecule has 1 aliphatic rings. The molecule has 1 atom stereocenters. The zero-order valence-corrected chi connectivity index (χ0v) is 7.08. The summed E-state index contributed by atoms with van der Waals surface area (Å²) in [5, 5.41) is 0. The van der Waals surface area contributed by atoms with Crippen LogP contribution in [-0.2, 0) is 4.74 Å². The van der Waals surface area contributed by atoms with Gasteiger partial charge in [-0.25, -0.2) is 0 Å². The molecule has 0 aromatic heterocycles. The third-order valence-corrected chi connectivity index (χ3v) is 1.73. The Labute approximate surface area is 68.1 Å². The highest BCUT2D eigenvalue weighted by Gasteiger charge is 1.95. The van der Waals surface area contributed by atoms with Crippen LogP contribution in [0.25, 0.3) is 0 Å². The van der Waals surface area contributed by atoms with Gasteiger partial charge in [-0.15, -0.1) is 0 Å². The molecule has 1 nitrogen and oxygen atoms in total. The van der Waals surface area contributed by atoms with Gasteiger partial charge < -0.3 is 4.74 Å². The van der Waals surface area contributed by atoms with Crippen molar-refractivity contribution in [3.05, 3.63) is 36.1 Å². The maximum absolute atomic E-state index is 5.08. The standard InChI is InChI=1S/C10H14O/c1-9-5-3-7-10(11-2)8-4-6-9/h3-5,7-9H,6H2,1-2H3/b5-3?,8-4-,10-7+. The molecule has 1 aliphatic carbocycles. The Bertz CT molecular complexity index is 199. The molecule has 0 bridgehead atoms. The lowest BCUT2D eigenvalue weighted by Crippen LogP contribution is -1.89. The van der Waals surface area contributed by atoms with Crippen LogP contribution in [0.1, 0.15) is 13.3 Å². The third kappa shape index (κ3) is 2.62. The van der Waals surface area contributed by atoms with E-state index < -0.39 is 0 Å². The molecule has 0 N–H and O–H groups in total. The van der Waals surface area contributed by atoms with Gasteiger partial charge in [0.15, 0.2) is 0 Å². The fourth-order valence-electron chi connectivity index (χ4n) is 1.01. The Morgan fingerprint density at radius 3 is 3.09 bits per heavy atom. The minimum absolute atomic E-state index is 0.640. The van der Waals surface area contributed by atoms with Gasteiger partial charge >= 0.3 is 0 Å². The second-order valence-electron chi connectivity index (χ2n) is 2.77. The largest absolute Gasteiger partial charge is 0.497 e. The van der Waals surface area contributed by atoms with E-state index in [-0.39, 0.29) is 0 Å². The second-order valence-corrected chi connectivity index (χ2v) is 2.77. The Morgan fingerprint density at radius 1 is 1.55 bits per heavy atom. The summed E-state index contributed by atoms with van der Waals surface area (Å²) in [5.74, 6) is 1.56. The summed E-state index contributed by atoms with van der Waals surface area (Å²) in [6.07, 6.45) is 11.5. The lowest BCUT2D eigenvalue weighted by atomic mass is 10.1. The van der Waals surface area contributed by atoms with E-state index >= 15 is 0 Å². The second kappa shape index (κ2) is 4.02. The molecule has 0 radical (unpaired) electrons. The van der Waals surface area contributed by atoms with Crippen molar-refractivity contribution in [1.82, 2.24) is 0 Å². The Hall–Kier alpha value is -0.980. The molecule has 0 aliphatic heterocycles. The van der Waals surface area contributed by atoms with Crippen molar-refractivity contribution < 1.29 is 4.74 Å². The number of rotatable bonds is 1. The quantitative estimate of drug-likeness (QED) is 0.558. The van der Waals surface area contributed by atoms with Crippen molar-refractivity contribution >= 4 is 0 Å². The van der Waals surface area contributed by atoms with Gasteiger partial charge in [0.25, 0.3) is 0 Å². The highest BCUT2D eigenvalue weighted by atomic mass is 16.5. The van der Waals surface area contributed by atoms with Crippen molar-refractivity contribution in [1.29, 1.82) is 0 Å². The molecule has 0 aromatic carbocycles. The van der Waals surface area contributed by atoms with Gasteiger partial charge in [0.2, 0.25) is 0 Å². The van der Waals surface area contributed by atoms with Crippen LogP contribution >= 0.6 is 0 Å². The zero-order chi connectivity index (χ0) is 8.10. The summed E-state index contributed by atoms with van der Waals surface area (Å²) in [6.45, 7) is 2.20. The van der Waals surface area contributed by atoms with Gasteiger partial charge in [0.05, 0.1) is 7.11 Å². The third-order valence-electron chi connectivity index (χ3n) is 1.73. The first-order valence-electron chi connectivity index (χ1n) is 3.92. The van der Waals surface area contributed by atoms with E-state index in [4.69, 9.17) is 4.74 Å². The molecule has 1 unspecified atom stereocenters. The number of ether oxygens (including phenoxy) is 1. The highest BCUT2D eigenvalue weighted by Crippen LogP contribution is 2.10. The van der Waals surface area contributed by atoms with Crippen molar-refractivity contribution in [2.45, 2.75) is 13.3 Å². The first kappa shape index (κ1) is 8.12. The van der Waals surface area contributed by atoms with Crippen LogP contribution in [0.4, 0.5) is 0 Å². The maximum atomic E-state index is 5.08. The fraction of sp³-hybridized carbons (Fsp3) is 0.400. The SMILES string of the molecule is COC1=C/C=CC(C)C/C=C\1. The molecular weight excluding hydrogens is 136 g/mol. The minimum atomic E-state index is 0.640. The summed E-state index contributed by atoms with van der Waals surface area (Å²) in [5.41, 5.74) is 0. The number of allylic oxidation sites excluding steroid dienone is 5. The maximum Gasteiger partial charge on any atom is 0.118 e. The van der Waals surface area contributed by atoms with E-state index in [2.05, 4.69) is 19.1 Å². The fourth-order valence-corrected chi connectivity index (χ4v) is 1.01. The summed E-state index contributed by atoms with van der Waals surface area (Å²) >= 11 is 0. The minimum Gasteiger partial charge on any atom is -0.497 e. The smallest absolute Gasteiger partial charge is 0.118 e. The Kier molecular flexibility index (Phi) is 2.96. The molecule has 60 valence electrons. The average Bonchev–Trinajstić information content (AvgIpc) is 1.96. The summed E-state index contributed by atoms with van der Waals surface area (Å²) in [6, 6.07) is 0. The van der Waals surface area contributed by atoms with Crippen molar-refractivity contribution in [3.8, 4) is 0 Å². The zero-order valence-electron chi connectivity index (χ0n) is 7.08.